The highest BCUT2D eigenvalue weighted by molar-refractivity contribution is 7.16. The quantitative estimate of drug-likeness (QED) is 0.512. The molecular formula is C13H8Cl2OS3. The fourth-order valence-corrected chi connectivity index (χ4v) is 3.63. The van der Waals surface area contributed by atoms with E-state index in [0.717, 1.165) is 9.75 Å². The number of hydrogen-bond acceptors (Lipinski definition) is 4. The molecule has 0 amide bonds. The van der Waals surface area contributed by atoms with Gasteiger partial charge in [-0.1, -0.05) is 35.3 Å². The van der Waals surface area contributed by atoms with Crippen LogP contribution in [0.3, 0.4) is 0 Å². The number of halogens is 2. The number of hydrogen-bond donors (Lipinski definition) is 0. The standard InChI is InChI=1S/C9H6OS2.C4H2Cl2S/c10-9(7-3-1-5-11-7)8-4-2-6-12-8;5-3-1-2-7-4(3)6/h1-6H;1-2H. The highest BCUT2D eigenvalue weighted by Crippen LogP contribution is 2.26. The van der Waals surface area contributed by atoms with Gasteiger partial charge in [0.25, 0.3) is 0 Å². The van der Waals surface area contributed by atoms with Gasteiger partial charge in [-0.3, -0.25) is 4.79 Å². The van der Waals surface area contributed by atoms with Crippen LogP contribution in [-0.4, -0.2) is 5.78 Å². The number of thiophene rings is 3. The van der Waals surface area contributed by atoms with Gasteiger partial charge in [0.15, 0.2) is 0 Å². The average molecular weight is 347 g/mol. The second kappa shape index (κ2) is 7.22. The lowest BCUT2D eigenvalue weighted by Crippen LogP contribution is -1.93. The molecule has 3 aromatic rings. The van der Waals surface area contributed by atoms with Gasteiger partial charge in [0.1, 0.15) is 4.34 Å². The number of carbonyl (C=O) groups excluding carboxylic acids is 1. The molecule has 0 unspecified atom stereocenters. The van der Waals surface area contributed by atoms with Crippen molar-refractivity contribution in [3.8, 4) is 0 Å². The van der Waals surface area contributed by atoms with Crippen LogP contribution in [0.4, 0.5) is 0 Å². The van der Waals surface area contributed by atoms with E-state index in [9.17, 15) is 4.79 Å². The third-order valence-electron chi connectivity index (χ3n) is 2.06. The highest BCUT2D eigenvalue weighted by atomic mass is 35.5. The van der Waals surface area contributed by atoms with Gasteiger partial charge in [-0.15, -0.1) is 34.0 Å². The molecule has 0 aliphatic heterocycles. The lowest BCUT2D eigenvalue weighted by atomic mass is 10.3. The smallest absolute Gasteiger partial charge is 0.212 e. The molecule has 0 fully saturated rings. The predicted octanol–water partition coefficient (Wildman–Crippen LogP) is 6.10. The van der Waals surface area contributed by atoms with Gasteiger partial charge in [0.2, 0.25) is 5.78 Å². The predicted molar refractivity (Wildman–Crippen MR) is 86.4 cm³/mol. The largest absolute Gasteiger partial charge is 0.287 e. The Hall–Kier alpha value is -0.650. The van der Waals surface area contributed by atoms with Crippen molar-refractivity contribution in [2.45, 2.75) is 0 Å². The van der Waals surface area contributed by atoms with Crippen molar-refractivity contribution in [1.82, 2.24) is 0 Å². The third kappa shape index (κ3) is 4.16. The van der Waals surface area contributed by atoms with Crippen molar-refractivity contribution < 1.29 is 4.79 Å². The van der Waals surface area contributed by atoms with Crippen LogP contribution in [0, 0.1) is 0 Å². The Balaban J connectivity index is 0.000000163. The number of rotatable bonds is 2. The molecule has 0 N–H and O–H groups in total. The maximum atomic E-state index is 11.6. The monoisotopic (exact) mass is 346 g/mol. The SMILES string of the molecule is Clc1ccsc1Cl.O=C(c1cccs1)c1cccs1. The summed E-state index contributed by atoms with van der Waals surface area (Å²) >= 11 is 15.4. The van der Waals surface area contributed by atoms with Crippen molar-refractivity contribution >= 4 is 63.0 Å². The van der Waals surface area contributed by atoms with E-state index in [2.05, 4.69) is 0 Å². The molecule has 0 atom stereocenters. The maximum absolute atomic E-state index is 11.6. The molecule has 0 saturated heterocycles. The first-order valence-electron chi connectivity index (χ1n) is 5.18. The zero-order chi connectivity index (χ0) is 13.7. The molecule has 3 rings (SSSR count). The molecule has 3 heterocycles. The van der Waals surface area contributed by atoms with E-state index in [0.29, 0.717) is 9.36 Å². The molecule has 0 bridgehead atoms. The van der Waals surface area contributed by atoms with E-state index < -0.39 is 0 Å². The summed E-state index contributed by atoms with van der Waals surface area (Å²) in [6, 6.07) is 9.27. The molecule has 19 heavy (non-hydrogen) atoms. The van der Waals surface area contributed by atoms with E-state index in [1.807, 2.05) is 40.4 Å². The second-order valence-electron chi connectivity index (χ2n) is 3.33. The first-order valence-corrected chi connectivity index (χ1v) is 8.58. The van der Waals surface area contributed by atoms with E-state index in [1.165, 1.54) is 34.0 Å². The van der Waals surface area contributed by atoms with Crippen molar-refractivity contribution in [1.29, 1.82) is 0 Å². The summed E-state index contributed by atoms with van der Waals surface area (Å²) in [5.41, 5.74) is 0. The molecule has 0 aromatic carbocycles. The molecule has 0 aliphatic carbocycles. The van der Waals surface area contributed by atoms with Gasteiger partial charge in [0.05, 0.1) is 14.8 Å². The van der Waals surface area contributed by atoms with E-state index in [-0.39, 0.29) is 5.78 Å². The summed E-state index contributed by atoms with van der Waals surface area (Å²) in [5, 5.41) is 6.33. The molecule has 1 nitrogen and oxygen atoms in total. The zero-order valence-corrected chi connectivity index (χ0v) is 13.5. The third-order valence-corrected chi connectivity index (χ3v) is 5.49. The van der Waals surface area contributed by atoms with Crippen molar-refractivity contribution in [2.75, 3.05) is 0 Å². The van der Waals surface area contributed by atoms with Gasteiger partial charge >= 0.3 is 0 Å². The topological polar surface area (TPSA) is 17.1 Å². The van der Waals surface area contributed by atoms with Gasteiger partial charge in [-0.05, 0) is 34.3 Å². The lowest BCUT2D eigenvalue weighted by molar-refractivity contribution is 0.104. The Morgan fingerprint density at radius 2 is 1.42 bits per heavy atom. The molecule has 0 aliphatic rings. The minimum absolute atomic E-state index is 0.139. The fourth-order valence-electron chi connectivity index (χ4n) is 1.21. The maximum Gasteiger partial charge on any atom is 0.212 e. The summed E-state index contributed by atoms with van der Waals surface area (Å²) < 4.78 is 0.668. The average Bonchev–Trinajstić information content (AvgIpc) is 3.13. The van der Waals surface area contributed by atoms with Crippen LogP contribution < -0.4 is 0 Å². The Morgan fingerprint density at radius 1 is 0.842 bits per heavy atom. The Morgan fingerprint density at radius 3 is 1.68 bits per heavy atom. The van der Waals surface area contributed by atoms with E-state index >= 15 is 0 Å². The summed E-state index contributed by atoms with van der Waals surface area (Å²) in [7, 11) is 0. The van der Waals surface area contributed by atoms with Crippen LogP contribution in [0.15, 0.2) is 46.5 Å². The number of carbonyl (C=O) groups is 1. The molecular weight excluding hydrogens is 339 g/mol. The molecule has 98 valence electrons. The summed E-state index contributed by atoms with van der Waals surface area (Å²) in [6.07, 6.45) is 0. The lowest BCUT2D eigenvalue weighted by Gasteiger charge is -1.89. The second-order valence-corrected chi connectivity index (χ2v) is 7.15. The Bertz CT molecular complexity index is 574. The molecule has 3 aromatic heterocycles. The van der Waals surface area contributed by atoms with Crippen LogP contribution in [0.1, 0.15) is 14.5 Å². The summed E-state index contributed by atoms with van der Waals surface area (Å²) in [5.74, 6) is 0.139. The van der Waals surface area contributed by atoms with Crippen molar-refractivity contribution in [3.63, 3.8) is 0 Å². The van der Waals surface area contributed by atoms with Crippen molar-refractivity contribution in [2.24, 2.45) is 0 Å². The van der Waals surface area contributed by atoms with Gasteiger partial charge in [-0.2, -0.15) is 0 Å². The van der Waals surface area contributed by atoms with E-state index in [4.69, 9.17) is 23.2 Å². The molecule has 0 radical (unpaired) electrons. The molecule has 0 spiro atoms. The van der Waals surface area contributed by atoms with Crippen molar-refractivity contribution in [3.05, 3.63) is 65.6 Å². The minimum atomic E-state index is 0.139. The van der Waals surface area contributed by atoms with Crippen LogP contribution in [0.5, 0.6) is 0 Å². The van der Waals surface area contributed by atoms with Crippen LogP contribution >= 0.6 is 57.2 Å². The summed E-state index contributed by atoms with van der Waals surface area (Å²) in [4.78, 5) is 13.2. The van der Waals surface area contributed by atoms with Gasteiger partial charge in [-0.25, -0.2) is 0 Å². The van der Waals surface area contributed by atoms with Crippen LogP contribution in [0.2, 0.25) is 9.36 Å². The Labute approximate surface area is 133 Å². The Kier molecular flexibility index (Phi) is 5.60. The highest BCUT2D eigenvalue weighted by Gasteiger charge is 2.09. The summed E-state index contributed by atoms with van der Waals surface area (Å²) in [6.45, 7) is 0. The zero-order valence-electron chi connectivity index (χ0n) is 9.51. The van der Waals surface area contributed by atoms with Crippen LogP contribution in [-0.2, 0) is 0 Å². The molecule has 0 saturated carbocycles. The van der Waals surface area contributed by atoms with E-state index in [1.54, 1.807) is 6.07 Å². The fraction of sp³-hybridized carbons (Fsp3) is 0. The molecule has 6 heteroatoms. The normalized spacial score (nSPS) is 9.79. The van der Waals surface area contributed by atoms with Gasteiger partial charge < -0.3 is 0 Å². The first-order chi connectivity index (χ1) is 9.18. The number of ketones is 1. The van der Waals surface area contributed by atoms with Gasteiger partial charge in [0, 0.05) is 0 Å². The first kappa shape index (κ1) is 14.8. The minimum Gasteiger partial charge on any atom is -0.287 e. The van der Waals surface area contributed by atoms with Crippen LogP contribution in [0.25, 0.3) is 0 Å².